The Labute approximate surface area is 182 Å². The molecule has 2 aromatic rings. The topological polar surface area (TPSA) is 75.6 Å². The summed E-state index contributed by atoms with van der Waals surface area (Å²) in [6, 6.07) is 16.3. The number of phenols is 1. The highest BCUT2D eigenvalue weighted by atomic mass is 16.5. The first-order valence-corrected chi connectivity index (χ1v) is 10.5. The van der Waals surface area contributed by atoms with E-state index in [0.29, 0.717) is 35.2 Å². The number of ketones is 1. The Morgan fingerprint density at radius 1 is 1.13 bits per heavy atom. The van der Waals surface area contributed by atoms with E-state index in [1.54, 1.807) is 18.2 Å². The van der Waals surface area contributed by atoms with Gasteiger partial charge in [-0.2, -0.15) is 0 Å². The highest BCUT2D eigenvalue weighted by Gasteiger charge is 2.43. The third-order valence-electron chi connectivity index (χ3n) is 5.88. The Bertz CT molecular complexity index is 1100. The fraction of sp³-hybridized carbons (Fsp3) is 0.308. The molecule has 1 unspecified atom stereocenters. The van der Waals surface area contributed by atoms with Crippen LogP contribution in [0.5, 0.6) is 5.75 Å². The van der Waals surface area contributed by atoms with Crippen molar-refractivity contribution in [1.29, 1.82) is 0 Å². The smallest absolute Gasteiger partial charge is 0.337 e. The summed E-state index contributed by atoms with van der Waals surface area (Å²) >= 11 is 0. The van der Waals surface area contributed by atoms with Crippen molar-refractivity contribution >= 4 is 11.8 Å². The maximum atomic E-state index is 13.2. The van der Waals surface area contributed by atoms with Crippen molar-refractivity contribution in [3.05, 3.63) is 88.3 Å². The molecular formula is C26H27NO4. The highest BCUT2D eigenvalue weighted by molar-refractivity contribution is 6.04. The van der Waals surface area contributed by atoms with E-state index in [1.807, 2.05) is 43.3 Å². The maximum absolute atomic E-state index is 13.2. The molecule has 0 radical (unpaired) electrons. The lowest BCUT2D eigenvalue weighted by molar-refractivity contribution is -0.140. The molecule has 4 rings (SSSR count). The minimum Gasteiger partial charge on any atom is -0.508 e. The van der Waals surface area contributed by atoms with Gasteiger partial charge in [0.15, 0.2) is 5.78 Å². The lowest BCUT2D eigenvalue weighted by Gasteiger charge is -2.39. The molecule has 0 fully saturated rings. The van der Waals surface area contributed by atoms with Crippen molar-refractivity contribution in [2.45, 2.75) is 46.1 Å². The molecule has 1 aliphatic carbocycles. The fourth-order valence-electron chi connectivity index (χ4n) is 4.55. The van der Waals surface area contributed by atoms with Crippen molar-refractivity contribution in [2.24, 2.45) is 5.41 Å². The van der Waals surface area contributed by atoms with Crippen LogP contribution in [0.2, 0.25) is 0 Å². The fourth-order valence-corrected chi connectivity index (χ4v) is 4.55. The molecule has 5 nitrogen and oxygen atoms in total. The summed E-state index contributed by atoms with van der Waals surface area (Å²) in [6.45, 7) is 6.13. The summed E-state index contributed by atoms with van der Waals surface area (Å²) in [5.74, 6) is -0.925. The van der Waals surface area contributed by atoms with Gasteiger partial charge in [0, 0.05) is 29.3 Å². The van der Waals surface area contributed by atoms with Crippen LogP contribution in [0.3, 0.4) is 0 Å². The Morgan fingerprint density at radius 2 is 1.87 bits per heavy atom. The number of dihydropyridines is 1. The minimum absolute atomic E-state index is 0.0213. The number of rotatable bonds is 4. The van der Waals surface area contributed by atoms with E-state index in [0.717, 1.165) is 11.3 Å². The number of nitrogens with one attached hydrogen (secondary N) is 1. The van der Waals surface area contributed by atoms with Gasteiger partial charge in [-0.25, -0.2) is 4.79 Å². The average Bonchev–Trinajstić information content (AvgIpc) is 2.71. The van der Waals surface area contributed by atoms with E-state index in [2.05, 4.69) is 19.2 Å². The monoisotopic (exact) mass is 417 g/mol. The number of benzene rings is 2. The van der Waals surface area contributed by atoms with Crippen molar-refractivity contribution in [1.82, 2.24) is 5.32 Å². The van der Waals surface area contributed by atoms with Crippen LogP contribution in [-0.2, 0) is 20.9 Å². The average molecular weight is 418 g/mol. The molecule has 0 aromatic heterocycles. The van der Waals surface area contributed by atoms with Crippen LogP contribution in [0.1, 0.15) is 50.7 Å². The van der Waals surface area contributed by atoms with E-state index in [1.165, 1.54) is 0 Å². The molecule has 1 atom stereocenters. The first-order chi connectivity index (χ1) is 14.7. The van der Waals surface area contributed by atoms with Crippen molar-refractivity contribution in [3.8, 4) is 5.75 Å². The molecule has 1 aliphatic heterocycles. The van der Waals surface area contributed by atoms with Crippen molar-refractivity contribution in [2.75, 3.05) is 0 Å². The third kappa shape index (κ3) is 4.26. The van der Waals surface area contributed by atoms with Crippen LogP contribution in [0.15, 0.2) is 77.1 Å². The normalized spacial score (nSPS) is 20.2. The number of carbonyl (C=O) groups is 2. The van der Waals surface area contributed by atoms with Crippen LogP contribution in [0, 0.1) is 5.41 Å². The summed E-state index contributed by atoms with van der Waals surface area (Å²) in [5.41, 5.74) is 3.98. The van der Waals surface area contributed by atoms with E-state index < -0.39 is 11.9 Å². The van der Waals surface area contributed by atoms with E-state index >= 15 is 0 Å². The predicted molar refractivity (Wildman–Crippen MR) is 118 cm³/mol. The second-order valence-corrected chi connectivity index (χ2v) is 9.09. The molecule has 1 heterocycles. The number of carbonyl (C=O) groups excluding carboxylic acids is 2. The molecular weight excluding hydrogens is 390 g/mol. The van der Waals surface area contributed by atoms with Gasteiger partial charge >= 0.3 is 5.97 Å². The molecule has 31 heavy (non-hydrogen) atoms. The van der Waals surface area contributed by atoms with Gasteiger partial charge in [-0.1, -0.05) is 56.3 Å². The SMILES string of the molecule is CC1=C(C(=O)OCc2ccccc2)C(c2cccc(O)c2)C2=C(CC(C)(C)CC2=O)N1. The predicted octanol–water partition coefficient (Wildman–Crippen LogP) is 4.74. The number of esters is 1. The van der Waals surface area contributed by atoms with Gasteiger partial charge in [-0.3, -0.25) is 4.79 Å². The quantitative estimate of drug-likeness (QED) is 0.703. The summed E-state index contributed by atoms with van der Waals surface area (Å²) in [6.07, 6.45) is 1.13. The summed E-state index contributed by atoms with van der Waals surface area (Å²) < 4.78 is 5.64. The van der Waals surface area contributed by atoms with E-state index in [9.17, 15) is 14.7 Å². The van der Waals surface area contributed by atoms with Gasteiger partial charge in [0.2, 0.25) is 0 Å². The van der Waals surface area contributed by atoms with Gasteiger partial charge in [0.25, 0.3) is 0 Å². The van der Waals surface area contributed by atoms with Crippen molar-refractivity contribution < 1.29 is 19.4 Å². The third-order valence-corrected chi connectivity index (χ3v) is 5.88. The van der Waals surface area contributed by atoms with Crippen LogP contribution < -0.4 is 5.32 Å². The van der Waals surface area contributed by atoms with Gasteiger partial charge < -0.3 is 15.2 Å². The highest BCUT2D eigenvalue weighted by Crippen LogP contribution is 2.47. The molecule has 0 saturated heterocycles. The summed E-state index contributed by atoms with van der Waals surface area (Å²) in [4.78, 5) is 26.5. The molecule has 0 saturated carbocycles. The zero-order chi connectivity index (χ0) is 22.2. The molecule has 5 heteroatoms. The number of phenolic OH excluding ortho intramolecular Hbond substituents is 1. The number of aromatic hydroxyl groups is 1. The standard InChI is InChI=1S/C26H27NO4/c1-16-22(25(30)31-15-17-8-5-4-6-9-17)23(18-10-7-11-19(28)12-18)24-20(27-16)13-26(2,3)14-21(24)29/h4-12,23,27-28H,13-15H2,1-3H3. The molecule has 0 amide bonds. The van der Waals surface area contributed by atoms with Crippen LogP contribution in [0.25, 0.3) is 0 Å². The van der Waals surface area contributed by atoms with Gasteiger partial charge in [0.1, 0.15) is 12.4 Å². The zero-order valence-corrected chi connectivity index (χ0v) is 18.1. The number of Topliss-reactive ketones (excluding diaryl/α,β-unsaturated/α-hetero) is 1. The first-order valence-electron chi connectivity index (χ1n) is 10.5. The Kier molecular flexibility index (Phi) is 5.44. The van der Waals surface area contributed by atoms with Gasteiger partial charge in [-0.05, 0) is 42.0 Å². The van der Waals surface area contributed by atoms with Crippen LogP contribution in [-0.4, -0.2) is 16.9 Å². The largest absolute Gasteiger partial charge is 0.508 e. The molecule has 160 valence electrons. The Morgan fingerprint density at radius 3 is 2.58 bits per heavy atom. The molecule has 2 N–H and O–H groups in total. The lowest BCUT2D eigenvalue weighted by Crippen LogP contribution is -2.38. The number of ether oxygens (including phenoxy) is 1. The number of allylic oxidation sites excluding steroid dienone is 3. The summed E-state index contributed by atoms with van der Waals surface area (Å²) in [7, 11) is 0. The zero-order valence-electron chi connectivity index (χ0n) is 18.1. The van der Waals surface area contributed by atoms with Crippen LogP contribution >= 0.6 is 0 Å². The van der Waals surface area contributed by atoms with Gasteiger partial charge in [-0.15, -0.1) is 0 Å². The number of hydrogen-bond donors (Lipinski definition) is 2. The lowest BCUT2D eigenvalue weighted by atomic mass is 9.68. The molecule has 0 spiro atoms. The molecule has 2 aliphatic rings. The Balaban J connectivity index is 1.74. The second kappa shape index (κ2) is 8.06. The van der Waals surface area contributed by atoms with Gasteiger partial charge in [0.05, 0.1) is 5.57 Å². The van der Waals surface area contributed by atoms with E-state index in [-0.39, 0.29) is 23.6 Å². The Hall–Kier alpha value is -3.34. The molecule has 2 aromatic carbocycles. The number of hydrogen-bond acceptors (Lipinski definition) is 5. The maximum Gasteiger partial charge on any atom is 0.337 e. The first kappa shape index (κ1) is 20.9. The minimum atomic E-state index is -0.574. The second-order valence-electron chi connectivity index (χ2n) is 9.09. The molecule has 0 bridgehead atoms. The summed E-state index contributed by atoms with van der Waals surface area (Å²) in [5, 5.41) is 13.4. The van der Waals surface area contributed by atoms with Crippen LogP contribution in [0.4, 0.5) is 0 Å². The van der Waals surface area contributed by atoms with E-state index in [4.69, 9.17) is 4.74 Å². The van der Waals surface area contributed by atoms with Crippen molar-refractivity contribution in [3.63, 3.8) is 0 Å².